The second-order valence-electron chi connectivity index (χ2n) is 6.13. The van der Waals surface area contributed by atoms with Gasteiger partial charge in [0.15, 0.2) is 0 Å². The summed E-state index contributed by atoms with van der Waals surface area (Å²) in [5.41, 5.74) is -0.172. The van der Waals surface area contributed by atoms with Crippen LogP contribution in [0.4, 0.5) is 0 Å². The number of morpholine rings is 1. The van der Waals surface area contributed by atoms with Crippen molar-refractivity contribution in [1.29, 1.82) is 0 Å². The summed E-state index contributed by atoms with van der Waals surface area (Å²) in [6, 6.07) is -0.0944. The van der Waals surface area contributed by atoms with E-state index in [1.165, 1.54) is 0 Å². The molecular weight excluding hydrogens is 216 g/mol. The van der Waals surface area contributed by atoms with Gasteiger partial charge < -0.3 is 10.1 Å². The Morgan fingerprint density at radius 1 is 1.29 bits per heavy atom. The van der Waals surface area contributed by atoms with Crippen molar-refractivity contribution in [3.8, 4) is 0 Å². The van der Waals surface area contributed by atoms with Gasteiger partial charge in [0.2, 0.25) is 5.91 Å². The predicted octanol–water partition coefficient (Wildman–Crippen LogP) is 1.40. The summed E-state index contributed by atoms with van der Waals surface area (Å²) >= 11 is 0. The van der Waals surface area contributed by atoms with Crippen LogP contribution in [0.3, 0.4) is 0 Å². The maximum atomic E-state index is 12.1. The molecule has 1 amide bonds. The minimum Gasteiger partial charge on any atom is -0.373 e. The Morgan fingerprint density at radius 2 is 1.76 bits per heavy atom. The Kier molecular flexibility index (Phi) is 4.55. The van der Waals surface area contributed by atoms with E-state index >= 15 is 0 Å². The lowest BCUT2D eigenvalue weighted by atomic mass is 10.1. The fraction of sp³-hybridized carbons (Fsp3) is 0.923. The van der Waals surface area contributed by atoms with E-state index in [1.54, 1.807) is 0 Å². The van der Waals surface area contributed by atoms with Crippen molar-refractivity contribution >= 4 is 5.91 Å². The third-order valence-corrected chi connectivity index (χ3v) is 2.87. The van der Waals surface area contributed by atoms with Crippen LogP contribution in [0.25, 0.3) is 0 Å². The highest BCUT2D eigenvalue weighted by molar-refractivity contribution is 5.81. The van der Waals surface area contributed by atoms with Gasteiger partial charge in [-0.15, -0.1) is 0 Å². The van der Waals surface area contributed by atoms with Crippen LogP contribution in [-0.4, -0.2) is 47.7 Å². The van der Waals surface area contributed by atoms with Gasteiger partial charge in [-0.1, -0.05) is 0 Å². The first kappa shape index (κ1) is 14.5. The number of nitrogens with zero attached hydrogens (tertiary/aromatic N) is 1. The Morgan fingerprint density at radius 3 is 2.18 bits per heavy atom. The first-order valence-electron chi connectivity index (χ1n) is 6.40. The second-order valence-corrected chi connectivity index (χ2v) is 6.13. The van der Waals surface area contributed by atoms with Crippen LogP contribution in [0, 0.1) is 0 Å². The molecular formula is C13H26N2O2. The summed E-state index contributed by atoms with van der Waals surface area (Å²) in [6.07, 6.45) is 0.396. The number of rotatable bonds is 2. The summed E-state index contributed by atoms with van der Waals surface area (Å²) in [5, 5.41) is 3.02. The monoisotopic (exact) mass is 242 g/mol. The Bertz CT molecular complexity index is 263. The van der Waals surface area contributed by atoms with E-state index in [4.69, 9.17) is 4.74 Å². The highest BCUT2D eigenvalue weighted by Gasteiger charge is 2.30. The van der Waals surface area contributed by atoms with Gasteiger partial charge in [-0.05, 0) is 41.5 Å². The largest absolute Gasteiger partial charge is 0.373 e. The molecule has 1 fully saturated rings. The van der Waals surface area contributed by atoms with Gasteiger partial charge in [0.25, 0.3) is 0 Å². The van der Waals surface area contributed by atoms with Crippen molar-refractivity contribution in [1.82, 2.24) is 10.2 Å². The van der Waals surface area contributed by atoms with Gasteiger partial charge in [0.05, 0.1) is 18.2 Å². The number of carbonyl (C=O) groups excluding carboxylic acids is 1. The molecule has 1 aliphatic rings. The highest BCUT2D eigenvalue weighted by Crippen LogP contribution is 2.14. The fourth-order valence-electron chi connectivity index (χ4n) is 2.17. The molecule has 0 aromatic carbocycles. The number of carbonyl (C=O) groups is 1. The zero-order chi connectivity index (χ0) is 13.2. The summed E-state index contributed by atoms with van der Waals surface area (Å²) in [5.74, 6) is 0.0961. The van der Waals surface area contributed by atoms with Gasteiger partial charge in [-0.3, -0.25) is 9.69 Å². The van der Waals surface area contributed by atoms with Gasteiger partial charge in [0, 0.05) is 18.6 Å². The minimum atomic E-state index is -0.172. The van der Waals surface area contributed by atoms with Crippen LogP contribution in [0.2, 0.25) is 0 Å². The van der Waals surface area contributed by atoms with Crippen molar-refractivity contribution in [3.63, 3.8) is 0 Å². The molecule has 3 unspecified atom stereocenters. The van der Waals surface area contributed by atoms with E-state index in [2.05, 4.69) is 24.1 Å². The van der Waals surface area contributed by atoms with Crippen molar-refractivity contribution in [2.75, 3.05) is 13.1 Å². The lowest BCUT2D eigenvalue weighted by molar-refractivity contribution is -0.133. The van der Waals surface area contributed by atoms with Crippen molar-refractivity contribution in [2.45, 2.75) is 65.3 Å². The number of amides is 1. The molecule has 0 spiro atoms. The summed E-state index contributed by atoms with van der Waals surface area (Å²) in [7, 11) is 0. The van der Waals surface area contributed by atoms with E-state index < -0.39 is 0 Å². The molecule has 0 aliphatic carbocycles. The summed E-state index contributed by atoms with van der Waals surface area (Å²) < 4.78 is 5.67. The van der Waals surface area contributed by atoms with E-state index in [0.717, 1.165) is 13.1 Å². The van der Waals surface area contributed by atoms with Gasteiger partial charge in [-0.2, -0.15) is 0 Å². The maximum absolute atomic E-state index is 12.1. The van der Waals surface area contributed by atoms with Crippen LogP contribution >= 0.6 is 0 Å². The molecule has 0 bridgehead atoms. The van der Waals surface area contributed by atoms with Gasteiger partial charge >= 0.3 is 0 Å². The number of hydrogen-bond donors (Lipinski definition) is 1. The molecule has 1 heterocycles. The van der Waals surface area contributed by atoms with Crippen LogP contribution in [-0.2, 0) is 9.53 Å². The topological polar surface area (TPSA) is 41.6 Å². The molecule has 0 aromatic rings. The predicted molar refractivity (Wildman–Crippen MR) is 68.9 cm³/mol. The smallest absolute Gasteiger partial charge is 0.237 e. The van der Waals surface area contributed by atoms with Crippen molar-refractivity contribution in [2.24, 2.45) is 0 Å². The molecule has 100 valence electrons. The molecule has 1 N–H and O–H groups in total. The van der Waals surface area contributed by atoms with Gasteiger partial charge in [0.1, 0.15) is 0 Å². The zero-order valence-corrected chi connectivity index (χ0v) is 11.9. The first-order valence-corrected chi connectivity index (χ1v) is 6.40. The second kappa shape index (κ2) is 5.36. The number of hydrogen-bond acceptors (Lipinski definition) is 3. The minimum absolute atomic E-state index is 0.0944. The molecule has 1 rings (SSSR count). The molecule has 1 saturated heterocycles. The Hall–Kier alpha value is -0.610. The average molecular weight is 242 g/mol. The van der Waals surface area contributed by atoms with E-state index in [-0.39, 0.29) is 29.7 Å². The molecule has 0 saturated carbocycles. The molecule has 0 aromatic heterocycles. The molecule has 17 heavy (non-hydrogen) atoms. The molecule has 0 radical (unpaired) electrons. The maximum Gasteiger partial charge on any atom is 0.237 e. The van der Waals surface area contributed by atoms with Crippen molar-refractivity contribution in [3.05, 3.63) is 0 Å². The van der Waals surface area contributed by atoms with E-state index in [0.29, 0.717) is 0 Å². The molecule has 4 nitrogen and oxygen atoms in total. The quantitative estimate of drug-likeness (QED) is 0.796. The number of nitrogens with one attached hydrogen (secondary N) is 1. The number of ether oxygens (including phenoxy) is 1. The van der Waals surface area contributed by atoms with E-state index in [1.807, 2.05) is 27.7 Å². The summed E-state index contributed by atoms with van der Waals surface area (Å²) in [4.78, 5) is 14.3. The third-order valence-electron chi connectivity index (χ3n) is 2.87. The van der Waals surface area contributed by atoms with Crippen molar-refractivity contribution < 1.29 is 9.53 Å². The summed E-state index contributed by atoms with van der Waals surface area (Å²) in [6.45, 7) is 13.7. The highest BCUT2D eigenvalue weighted by atomic mass is 16.5. The normalized spacial score (nSPS) is 28.8. The lowest BCUT2D eigenvalue weighted by Gasteiger charge is -2.39. The van der Waals surface area contributed by atoms with Crippen LogP contribution < -0.4 is 5.32 Å². The zero-order valence-electron chi connectivity index (χ0n) is 11.9. The van der Waals surface area contributed by atoms with Crippen LogP contribution in [0.15, 0.2) is 0 Å². The first-order chi connectivity index (χ1) is 7.69. The molecule has 4 heteroatoms. The Labute approximate surface area is 105 Å². The third kappa shape index (κ3) is 4.64. The van der Waals surface area contributed by atoms with Gasteiger partial charge in [-0.25, -0.2) is 0 Å². The molecule has 3 atom stereocenters. The average Bonchev–Trinajstić information content (AvgIpc) is 2.12. The SMILES string of the molecule is CC1CN(C(C)C(=O)NC(C)(C)C)CC(C)O1. The lowest BCUT2D eigenvalue weighted by Crippen LogP contribution is -2.56. The fourth-order valence-corrected chi connectivity index (χ4v) is 2.17. The van der Waals surface area contributed by atoms with Crippen LogP contribution in [0.5, 0.6) is 0 Å². The standard InChI is InChI=1S/C13H26N2O2/c1-9-7-15(8-10(2)17-9)11(3)12(16)14-13(4,5)6/h9-11H,7-8H2,1-6H3,(H,14,16). The Balaban J connectivity index is 2.57. The van der Waals surface area contributed by atoms with Crippen LogP contribution in [0.1, 0.15) is 41.5 Å². The van der Waals surface area contributed by atoms with E-state index in [9.17, 15) is 4.79 Å². The molecule has 1 aliphatic heterocycles.